The van der Waals surface area contributed by atoms with Gasteiger partial charge in [-0.3, -0.25) is 4.90 Å². The summed E-state index contributed by atoms with van der Waals surface area (Å²) in [5.41, 5.74) is 4.95. The van der Waals surface area contributed by atoms with Gasteiger partial charge < -0.3 is 5.73 Å². The van der Waals surface area contributed by atoms with E-state index in [1.54, 1.807) is 0 Å². The number of halogens is 4. The van der Waals surface area contributed by atoms with Gasteiger partial charge in [-0.05, 0) is 17.7 Å². The largest absolute Gasteiger partial charge is 0.419 e. The first kappa shape index (κ1) is 16.6. The van der Waals surface area contributed by atoms with E-state index in [-0.39, 0.29) is 12.6 Å². The number of hydrogen-bond acceptors (Lipinski definition) is 3. The lowest BCUT2D eigenvalue weighted by Gasteiger charge is -2.36. The molecule has 0 spiro atoms. The van der Waals surface area contributed by atoms with Crippen molar-refractivity contribution < 1.29 is 17.6 Å². The summed E-state index contributed by atoms with van der Waals surface area (Å²) in [7, 11) is 0. The van der Waals surface area contributed by atoms with Crippen LogP contribution in [0.3, 0.4) is 0 Å². The van der Waals surface area contributed by atoms with Crippen molar-refractivity contribution in [3.63, 3.8) is 0 Å². The summed E-state index contributed by atoms with van der Waals surface area (Å²) in [5, 5.41) is 0.412. The van der Waals surface area contributed by atoms with Gasteiger partial charge in [-0.1, -0.05) is 13.0 Å². The third-order valence-electron chi connectivity index (χ3n) is 3.62. The van der Waals surface area contributed by atoms with Crippen LogP contribution in [-0.2, 0) is 6.18 Å². The summed E-state index contributed by atoms with van der Waals surface area (Å²) < 4.78 is 51.8. The average Bonchev–Trinajstić information content (AvgIpc) is 2.40. The second-order valence-corrected chi connectivity index (χ2v) is 6.71. The number of hydrogen-bond donors (Lipinski definition) is 1. The highest BCUT2D eigenvalue weighted by Gasteiger charge is 2.35. The van der Waals surface area contributed by atoms with Crippen LogP contribution >= 0.6 is 11.8 Å². The molecule has 0 saturated carbocycles. The molecular formula is C14H18F4N2S. The highest BCUT2D eigenvalue weighted by atomic mass is 32.2. The van der Waals surface area contributed by atoms with Crippen molar-refractivity contribution in [2.24, 2.45) is 5.73 Å². The van der Waals surface area contributed by atoms with Gasteiger partial charge in [-0.25, -0.2) is 4.39 Å². The molecule has 2 atom stereocenters. The molecule has 1 aliphatic rings. The van der Waals surface area contributed by atoms with E-state index < -0.39 is 17.6 Å². The van der Waals surface area contributed by atoms with Gasteiger partial charge in [0.25, 0.3) is 0 Å². The van der Waals surface area contributed by atoms with Crippen LogP contribution in [0.15, 0.2) is 18.2 Å². The molecule has 0 aliphatic carbocycles. The van der Waals surface area contributed by atoms with Crippen LogP contribution in [0.4, 0.5) is 17.6 Å². The first-order chi connectivity index (χ1) is 9.82. The predicted molar refractivity (Wildman–Crippen MR) is 76.7 cm³/mol. The maximum absolute atomic E-state index is 13.4. The maximum Gasteiger partial charge on any atom is 0.419 e. The van der Waals surface area contributed by atoms with Gasteiger partial charge in [0.2, 0.25) is 0 Å². The lowest BCUT2D eigenvalue weighted by atomic mass is 10.0. The topological polar surface area (TPSA) is 29.3 Å². The van der Waals surface area contributed by atoms with E-state index in [2.05, 4.69) is 11.8 Å². The normalized spacial score (nSPS) is 22.3. The number of nitrogens with zero attached hydrogens (tertiary/aromatic N) is 1. The molecule has 1 aromatic rings. The van der Waals surface area contributed by atoms with Gasteiger partial charge in [0.05, 0.1) is 5.56 Å². The Bertz CT molecular complexity index is 492. The summed E-state index contributed by atoms with van der Waals surface area (Å²) in [5.74, 6) is -0.324. The lowest BCUT2D eigenvalue weighted by Crippen LogP contribution is -2.42. The molecule has 0 aromatic heterocycles. The molecule has 2 N–H and O–H groups in total. The predicted octanol–water partition coefficient (Wildman–Crippen LogP) is 3.28. The van der Waals surface area contributed by atoms with E-state index in [9.17, 15) is 17.6 Å². The smallest absolute Gasteiger partial charge is 0.329 e. The molecule has 1 heterocycles. The highest BCUT2D eigenvalue weighted by Crippen LogP contribution is 2.34. The molecule has 2 nitrogen and oxygen atoms in total. The van der Waals surface area contributed by atoms with E-state index in [0.717, 1.165) is 31.0 Å². The first-order valence-electron chi connectivity index (χ1n) is 6.75. The van der Waals surface area contributed by atoms with Crippen LogP contribution in [0.1, 0.15) is 24.1 Å². The van der Waals surface area contributed by atoms with Crippen molar-refractivity contribution in [1.82, 2.24) is 4.90 Å². The van der Waals surface area contributed by atoms with E-state index in [4.69, 9.17) is 5.73 Å². The van der Waals surface area contributed by atoms with Gasteiger partial charge in [0.1, 0.15) is 5.82 Å². The second-order valence-electron chi connectivity index (χ2n) is 5.16. The molecule has 7 heteroatoms. The minimum atomic E-state index is -4.69. The van der Waals surface area contributed by atoms with Crippen LogP contribution < -0.4 is 5.73 Å². The monoisotopic (exact) mass is 322 g/mol. The second kappa shape index (κ2) is 6.54. The Kier molecular flexibility index (Phi) is 5.16. The first-order valence-corrected chi connectivity index (χ1v) is 7.80. The molecule has 1 saturated heterocycles. The highest BCUT2D eigenvalue weighted by molar-refractivity contribution is 7.99. The third-order valence-corrected chi connectivity index (χ3v) is 4.75. The Morgan fingerprint density at radius 3 is 2.71 bits per heavy atom. The fraction of sp³-hybridized carbons (Fsp3) is 0.571. The van der Waals surface area contributed by atoms with E-state index in [1.807, 2.05) is 11.8 Å². The van der Waals surface area contributed by atoms with E-state index in [0.29, 0.717) is 10.8 Å². The van der Waals surface area contributed by atoms with Crippen LogP contribution in [0.5, 0.6) is 0 Å². The Morgan fingerprint density at radius 1 is 1.43 bits per heavy atom. The summed E-state index contributed by atoms with van der Waals surface area (Å²) >= 11 is 1.83. The van der Waals surface area contributed by atoms with Crippen LogP contribution in [0.2, 0.25) is 0 Å². The zero-order valence-electron chi connectivity index (χ0n) is 11.7. The van der Waals surface area contributed by atoms with E-state index >= 15 is 0 Å². The van der Waals surface area contributed by atoms with Crippen LogP contribution in [-0.4, -0.2) is 35.5 Å². The Morgan fingerprint density at radius 2 is 2.14 bits per heavy atom. The van der Waals surface area contributed by atoms with Crippen LogP contribution in [0, 0.1) is 5.82 Å². The summed E-state index contributed by atoms with van der Waals surface area (Å²) in [6, 6.07) is 2.85. The van der Waals surface area contributed by atoms with Crippen molar-refractivity contribution in [3.8, 4) is 0 Å². The van der Waals surface area contributed by atoms with Crippen molar-refractivity contribution in [3.05, 3.63) is 35.1 Å². The molecule has 118 valence electrons. The zero-order valence-corrected chi connectivity index (χ0v) is 12.5. The Balaban J connectivity index is 2.30. The van der Waals surface area contributed by atoms with Gasteiger partial charge in [0.15, 0.2) is 0 Å². The Labute approximate surface area is 125 Å². The fourth-order valence-electron chi connectivity index (χ4n) is 2.59. The fourth-order valence-corrected chi connectivity index (χ4v) is 3.63. The van der Waals surface area contributed by atoms with Gasteiger partial charge in [-0.15, -0.1) is 0 Å². The quantitative estimate of drug-likeness (QED) is 0.866. The molecule has 2 rings (SSSR count). The van der Waals surface area contributed by atoms with Crippen molar-refractivity contribution in [2.45, 2.75) is 24.4 Å². The molecular weight excluding hydrogens is 304 g/mol. The molecule has 2 unspecified atom stereocenters. The van der Waals surface area contributed by atoms with Gasteiger partial charge in [0, 0.05) is 36.7 Å². The zero-order chi connectivity index (χ0) is 15.6. The standard InChI is InChI=1S/C14H18F4N2S/c1-9-8-20(4-5-21-9)13(7-19)10-2-3-12(15)11(6-10)14(16,17)18/h2-3,6,9,13H,4-5,7-8,19H2,1H3. The van der Waals surface area contributed by atoms with Crippen molar-refractivity contribution in [2.75, 3.05) is 25.4 Å². The number of rotatable bonds is 3. The third kappa shape index (κ3) is 3.90. The van der Waals surface area contributed by atoms with Crippen LogP contribution in [0.25, 0.3) is 0 Å². The lowest BCUT2D eigenvalue weighted by molar-refractivity contribution is -0.140. The molecule has 0 bridgehead atoms. The summed E-state index contributed by atoms with van der Waals surface area (Å²) in [6.07, 6.45) is -4.69. The van der Waals surface area contributed by atoms with E-state index in [1.165, 1.54) is 6.07 Å². The summed E-state index contributed by atoms with van der Waals surface area (Å²) in [4.78, 5) is 2.08. The van der Waals surface area contributed by atoms with Crippen molar-refractivity contribution in [1.29, 1.82) is 0 Å². The number of alkyl halides is 3. The summed E-state index contributed by atoms with van der Waals surface area (Å²) in [6.45, 7) is 3.83. The van der Waals surface area contributed by atoms with Crippen molar-refractivity contribution >= 4 is 11.8 Å². The van der Waals surface area contributed by atoms with Gasteiger partial charge >= 0.3 is 6.18 Å². The molecule has 21 heavy (non-hydrogen) atoms. The molecule has 1 aromatic carbocycles. The molecule has 1 aliphatic heterocycles. The molecule has 0 amide bonds. The van der Waals surface area contributed by atoms with Gasteiger partial charge in [-0.2, -0.15) is 24.9 Å². The number of nitrogens with two attached hydrogens (primary N) is 1. The SMILES string of the molecule is CC1CN(C(CN)c2ccc(F)c(C(F)(F)F)c2)CCS1. The number of benzene rings is 1. The minimum Gasteiger partial charge on any atom is -0.329 e. The number of thioether (sulfide) groups is 1. The molecule has 1 fully saturated rings. The molecule has 0 radical (unpaired) electrons. The maximum atomic E-state index is 13.4. The minimum absolute atomic E-state index is 0.209. The Hall–Kier alpha value is -0.790. The average molecular weight is 322 g/mol.